The van der Waals surface area contributed by atoms with Crippen molar-refractivity contribution in [2.24, 2.45) is 0 Å². The number of amides is 1. The van der Waals surface area contributed by atoms with Gasteiger partial charge in [0.05, 0.1) is 24.9 Å². The molecular weight excluding hydrogens is 290 g/mol. The summed E-state index contributed by atoms with van der Waals surface area (Å²) in [4.78, 5) is 21.8. The van der Waals surface area contributed by atoms with Crippen LogP contribution in [0.5, 0.6) is 11.5 Å². The zero-order chi connectivity index (χ0) is 15.1. The number of carbonyl (C=O) groups is 2. The second kappa shape index (κ2) is 7.56. The van der Waals surface area contributed by atoms with Gasteiger partial charge in [-0.05, 0) is 6.07 Å². The van der Waals surface area contributed by atoms with Crippen molar-refractivity contribution in [2.45, 2.75) is 0 Å². The van der Waals surface area contributed by atoms with Crippen molar-refractivity contribution in [2.75, 3.05) is 32.8 Å². The van der Waals surface area contributed by atoms with Gasteiger partial charge in [-0.25, -0.2) is 4.79 Å². The van der Waals surface area contributed by atoms with Crippen LogP contribution < -0.4 is 14.8 Å². The van der Waals surface area contributed by atoms with E-state index in [1.54, 1.807) is 0 Å². The Hall–Kier alpha value is -1.99. The summed E-state index contributed by atoms with van der Waals surface area (Å²) in [6.07, 6.45) is 0. The van der Waals surface area contributed by atoms with Crippen LogP contribution in [-0.4, -0.2) is 44.4 Å². The van der Waals surface area contributed by atoms with Gasteiger partial charge in [-0.15, -0.1) is 0 Å². The van der Waals surface area contributed by atoms with Gasteiger partial charge in [0, 0.05) is 6.07 Å². The number of benzene rings is 1. The number of aliphatic carboxylic acids is 1. The smallest absolute Gasteiger partial charge is 0.329 e. The van der Waals surface area contributed by atoms with E-state index in [-0.39, 0.29) is 6.61 Å². The van der Waals surface area contributed by atoms with Crippen LogP contribution in [0.4, 0.5) is 5.69 Å². The molecule has 20 heavy (non-hydrogen) atoms. The van der Waals surface area contributed by atoms with Gasteiger partial charge in [0.15, 0.2) is 0 Å². The molecule has 0 aliphatic rings. The molecule has 7 nitrogen and oxygen atoms in total. The fraction of sp³-hybridized carbons (Fsp3) is 0.333. The minimum atomic E-state index is -1.15. The van der Waals surface area contributed by atoms with Crippen LogP contribution in [-0.2, 0) is 14.3 Å². The third-order valence-corrected chi connectivity index (χ3v) is 2.50. The largest absolute Gasteiger partial charge is 0.495 e. The first kappa shape index (κ1) is 16.1. The van der Waals surface area contributed by atoms with E-state index in [9.17, 15) is 9.59 Å². The minimum Gasteiger partial charge on any atom is -0.495 e. The Labute approximate surface area is 120 Å². The van der Waals surface area contributed by atoms with Crippen LogP contribution >= 0.6 is 11.6 Å². The Morgan fingerprint density at radius 2 is 1.85 bits per heavy atom. The molecule has 0 heterocycles. The number of anilines is 1. The number of carbonyl (C=O) groups excluding carboxylic acids is 1. The highest BCUT2D eigenvalue weighted by atomic mass is 35.5. The first-order chi connectivity index (χ1) is 9.47. The molecule has 1 aromatic rings. The van der Waals surface area contributed by atoms with Crippen molar-refractivity contribution < 1.29 is 28.9 Å². The molecule has 1 rings (SSSR count). The van der Waals surface area contributed by atoms with E-state index in [0.29, 0.717) is 22.2 Å². The molecular formula is C12H14ClNO6. The number of halogens is 1. The van der Waals surface area contributed by atoms with Gasteiger partial charge in [0.1, 0.15) is 24.7 Å². The third kappa shape index (κ3) is 4.60. The molecule has 0 radical (unpaired) electrons. The molecule has 110 valence electrons. The molecule has 1 amide bonds. The highest BCUT2D eigenvalue weighted by Crippen LogP contribution is 2.35. The van der Waals surface area contributed by atoms with Gasteiger partial charge in [0.2, 0.25) is 5.91 Å². The minimum absolute atomic E-state index is 0.301. The van der Waals surface area contributed by atoms with Crippen molar-refractivity contribution in [1.82, 2.24) is 0 Å². The van der Waals surface area contributed by atoms with E-state index in [1.165, 1.54) is 26.4 Å². The van der Waals surface area contributed by atoms with E-state index in [0.717, 1.165) is 0 Å². The van der Waals surface area contributed by atoms with Gasteiger partial charge in [-0.2, -0.15) is 0 Å². The number of methoxy groups -OCH3 is 2. The fourth-order valence-electron chi connectivity index (χ4n) is 1.38. The van der Waals surface area contributed by atoms with Crippen LogP contribution in [0.25, 0.3) is 0 Å². The SMILES string of the molecule is COc1cc(OC)c(NC(=O)COCC(=O)O)cc1Cl. The van der Waals surface area contributed by atoms with Crippen LogP contribution in [0.2, 0.25) is 5.02 Å². The number of carboxylic acid groups (broad SMARTS) is 1. The molecule has 2 N–H and O–H groups in total. The lowest BCUT2D eigenvalue weighted by Gasteiger charge is -2.13. The molecule has 0 aliphatic heterocycles. The lowest BCUT2D eigenvalue weighted by molar-refractivity contribution is -0.143. The summed E-state index contributed by atoms with van der Waals surface area (Å²) in [5.74, 6) is -0.907. The first-order valence-corrected chi connectivity index (χ1v) is 5.86. The van der Waals surface area contributed by atoms with Crippen LogP contribution in [0.1, 0.15) is 0 Å². The Morgan fingerprint density at radius 1 is 1.20 bits per heavy atom. The summed E-state index contributed by atoms with van der Waals surface area (Å²) in [7, 11) is 2.89. The Morgan fingerprint density at radius 3 is 2.40 bits per heavy atom. The molecule has 0 saturated carbocycles. The number of ether oxygens (including phenoxy) is 3. The van der Waals surface area contributed by atoms with Gasteiger partial charge in [-0.1, -0.05) is 11.6 Å². The van der Waals surface area contributed by atoms with E-state index < -0.39 is 18.5 Å². The number of hydrogen-bond acceptors (Lipinski definition) is 5. The van der Waals surface area contributed by atoms with Gasteiger partial charge < -0.3 is 24.6 Å². The average Bonchev–Trinajstić information content (AvgIpc) is 2.38. The molecule has 0 saturated heterocycles. The van der Waals surface area contributed by atoms with Crippen molar-refractivity contribution in [3.05, 3.63) is 17.2 Å². The molecule has 8 heteroatoms. The molecule has 0 fully saturated rings. The van der Waals surface area contributed by atoms with Crippen LogP contribution in [0, 0.1) is 0 Å². The Balaban J connectivity index is 2.73. The Bertz CT molecular complexity index is 505. The lowest BCUT2D eigenvalue weighted by Crippen LogP contribution is -2.21. The monoisotopic (exact) mass is 303 g/mol. The standard InChI is InChI=1S/C12H14ClNO6/c1-18-9-4-10(19-2)8(3-7(9)13)14-11(15)5-20-6-12(16)17/h3-4H,5-6H2,1-2H3,(H,14,15)(H,16,17). The number of hydrogen-bond donors (Lipinski definition) is 2. The second-order valence-electron chi connectivity index (χ2n) is 3.62. The summed E-state index contributed by atoms with van der Waals surface area (Å²) in [6.45, 7) is -0.937. The predicted octanol–water partition coefficient (Wildman–Crippen LogP) is 1.40. The Kier molecular flexibility index (Phi) is 6.08. The van der Waals surface area contributed by atoms with Crippen molar-refractivity contribution in [1.29, 1.82) is 0 Å². The molecule has 0 bridgehead atoms. The number of rotatable bonds is 7. The normalized spacial score (nSPS) is 9.95. The topological polar surface area (TPSA) is 94.1 Å². The van der Waals surface area contributed by atoms with Crippen LogP contribution in [0.3, 0.4) is 0 Å². The summed E-state index contributed by atoms with van der Waals surface area (Å²) >= 11 is 5.95. The first-order valence-electron chi connectivity index (χ1n) is 5.48. The van der Waals surface area contributed by atoms with E-state index in [4.69, 9.17) is 26.2 Å². The van der Waals surface area contributed by atoms with Crippen molar-refractivity contribution in [3.8, 4) is 11.5 Å². The molecule has 0 aromatic heterocycles. The number of carboxylic acids is 1. The molecule has 0 atom stereocenters. The molecule has 1 aromatic carbocycles. The van der Waals surface area contributed by atoms with Crippen molar-refractivity contribution >= 4 is 29.2 Å². The summed E-state index contributed by atoms with van der Waals surface area (Å²) in [6, 6.07) is 2.99. The lowest BCUT2D eigenvalue weighted by atomic mass is 10.2. The quantitative estimate of drug-likeness (QED) is 0.790. The maximum atomic E-state index is 11.6. The number of nitrogens with one attached hydrogen (secondary N) is 1. The molecule has 0 unspecified atom stereocenters. The van der Waals surface area contributed by atoms with E-state index in [1.807, 2.05) is 0 Å². The molecule has 0 spiro atoms. The molecule has 0 aliphatic carbocycles. The average molecular weight is 304 g/mol. The van der Waals surface area contributed by atoms with Crippen molar-refractivity contribution in [3.63, 3.8) is 0 Å². The van der Waals surface area contributed by atoms with Gasteiger partial charge in [0.25, 0.3) is 0 Å². The highest BCUT2D eigenvalue weighted by molar-refractivity contribution is 6.32. The third-order valence-electron chi connectivity index (χ3n) is 2.21. The fourth-order valence-corrected chi connectivity index (χ4v) is 1.62. The maximum Gasteiger partial charge on any atom is 0.329 e. The van der Waals surface area contributed by atoms with E-state index >= 15 is 0 Å². The summed E-state index contributed by atoms with van der Waals surface area (Å²) < 4.78 is 14.8. The second-order valence-corrected chi connectivity index (χ2v) is 4.03. The van der Waals surface area contributed by atoms with Gasteiger partial charge >= 0.3 is 5.97 Å². The van der Waals surface area contributed by atoms with Crippen LogP contribution in [0.15, 0.2) is 12.1 Å². The predicted molar refractivity (Wildman–Crippen MR) is 71.6 cm³/mol. The highest BCUT2D eigenvalue weighted by Gasteiger charge is 2.12. The zero-order valence-electron chi connectivity index (χ0n) is 10.9. The van der Waals surface area contributed by atoms with Gasteiger partial charge in [-0.3, -0.25) is 4.79 Å². The van der Waals surface area contributed by atoms with E-state index in [2.05, 4.69) is 10.1 Å². The zero-order valence-corrected chi connectivity index (χ0v) is 11.7. The summed E-state index contributed by atoms with van der Waals surface area (Å²) in [5.41, 5.74) is 0.335. The maximum absolute atomic E-state index is 11.6. The summed E-state index contributed by atoms with van der Waals surface area (Å²) in [5, 5.41) is 11.2.